The van der Waals surface area contributed by atoms with Crippen LogP contribution < -0.4 is 0 Å². The van der Waals surface area contributed by atoms with E-state index in [0.717, 1.165) is 26.2 Å². The number of allylic oxidation sites excluding steroid dienone is 1. The molecule has 0 aromatic heterocycles. The summed E-state index contributed by atoms with van der Waals surface area (Å²) in [4.78, 5) is 4.55. The van der Waals surface area contributed by atoms with E-state index in [2.05, 4.69) is 92.9 Å². The zero-order chi connectivity index (χ0) is 20.3. The lowest BCUT2D eigenvalue weighted by atomic mass is 10.0. The van der Waals surface area contributed by atoms with Crippen LogP contribution in [0.2, 0.25) is 0 Å². The van der Waals surface area contributed by atoms with E-state index < -0.39 is 0 Å². The predicted octanol–water partition coefficient (Wildman–Crippen LogP) is 5.75. The van der Waals surface area contributed by atoms with Gasteiger partial charge in [0.25, 0.3) is 0 Å². The molecule has 0 atom stereocenters. The maximum atomic E-state index is 3.13. The minimum atomic E-state index is 0.990. The van der Waals surface area contributed by atoms with Gasteiger partial charge in [0.05, 0.1) is 13.1 Å². The Kier molecular flexibility index (Phi) is 6.15. The normalized spacial score (nSPS) is 14.4. The van der Waals surface area contributed by atoms with Gasteiger partial charge in [0.1, 0.15) is 0 Å². The Morgan fingerprint density at radius 3 is 1.46 bits per heavy atom. The zero-order valence-corrected chi connectivity index (χ0v) is 18.2. The smallest absolute Gasteiger partial charge is 0.0521 e. The molecule has 0 spiro atoms. The zero-order valence-electron chi connectivity index (χ0n) is 18.2. The molecule has 0 saturated carbocycles. The fourth-order valence-electron chi connectivity index (χ4n) is 4.19. The molecular weight excluding hydrogens is 340 g/mol. The van der Waals surface area contributed by atoms with E-state index in [-0.39, 0.29) is 0 Å². The van der Waals surface area contributed by atoms with Crippen LogP contribution >= 0.6 is 0 Å². The summed E-state index contributed by atoms with van der Waals surface area (Å²) in [7, 11) is 0. The van der Waals surface area contributed by atoms with Gasteiger partial charge in [-0.2, -0.15) is 0 Å². The van der Waals surface area contributed by atoms with E-state index in [0.29, 0.717) is 0 Å². The summed E-state index contributed by atoms with van der Waals surface area (Å²) < 4.78 is 0. The van der Waals surface area contributed by atoms with Crippen molar-refractivity contribution in [1.82, 2.24) is 9.80 Å². The summed E-state index contributed by atoms with van der Waals surface area (Å²) in [5, 5.41) is 0. The standard InChI is InChI=1S/C13H17N.C13H15N/c2*1-4-7-14-8-12-10(2)5-6-11(3)13(12)9-14/h4-7H,8-9H2,1-3H3;5-6H,8-9H2,1-3H3/b7-4+;. The number of rotatable bonds is 1. The molecule has 0 fully saturated rings. The molecule has 2 aliphatic rings. The van der Waals surface area contributed by atoms with Gasteiger partial charge in [0, 0.05) is 19.1 Å². The Labute approximate surface area is 170 Å². The molecule has 0 bridgehead atoms. The van der Waals surface area contributed by atoms with Crippen LogP contribution in [0.25, 0.3) is 0 Å². The molecule has 2 aliphatic heterocycles. The molecule has 146 valence electrons. The molecule has 0 amide bonds. The first-order valence-corrected chi connectivity index (χ1v) is 10.1. The lowest BCUT2D eigenvalue weighted by molar-refractivity contribution is 0.398. The quantitative estimate of drug-likeness (QED) is 0.588. The molecule has 0 N–H and O–H groups in total. The van der Waals surface area contributed by atoms with Crippen molar-refractivity contribution in [3.05, 3.63) is 81.0 Å². The molecular formula is C26H32N2. The summed E-state index contributed by atoms with van der Waals surface area (Å²) in [6.45, 7) is 16.9. The molecule has 2 heterocycles. The average Bonchev–Trinajstić information content (AvgIpc) is 3.29. The fourth-order valence-corrected chi connectivity index (χ4v) is 4.19. The van der Waals surface area contributed by atoms with Crippen molar-refractivity contribution in [2.45, 2.75) is 67.7 Å². The van der Waals surface area contributed by atoms with E-state index in [1.807, 2.05) is 6.92 Å². The monoisotopic (exact) mass is 372 g/mol. The van der Waals surface area contributed by atoms with Crippen LogP contribution in [0.15, 0.2) is 36.5 Å². The second-order valence-corrected chi connectivity index (χ2v) is 7.92. The highest BCUT2D eigenvalue weighted by Gasteiger charge is 2.20. The molecule has 0 radical (unpaired) electrons. The Balaban J connectivity index is 0.000000161. The second-order valence-electron chi connectivity index (χ2n) is 7.92. The number of benzene rings is 2. The first-order valence-electron chi connectivity index (χ1n) is 10.1. The summed E-state index contributed by atoms with van der Waals surface area (Å²) in [6.07, 6.45) is 4.29. The Hall–Kier alpha value is -2.66. The number of aryl methyl sites for hydroxylation is 4. The first-order chi connectivity index (χ1) is 13.4. The molecule has 0 aliphatic carbocycles. The fraction of sp³-hybridized carbons (Fsp3) is 0.385. The third kappa shape index (κ3) is 4.09. The van der Waals surface area contributed by atoms with Gasteiger partial charge < -0.3 is 9.80 Å². The van der Waals surface area contributed by atoms with Crippen molar-refractivity contribution >= 4 is 0 Å². The number of hydrogen-bond donors (Lipinski definition) is 0. The molecule has 28 heavy (non-hydrogen) atoms. The van der Waals surface area contributed by atoms with Gasteiger partial charge in [-0.15, -0.1) is 0 Å². The average molecular weight is 373 g/mol. The highest BCUT2D eigenvalue weighted by Crippen LogP contribution is 2.29. The van der Waals surface area contributed by atoms with Gasteiger partial charge in [-0.1, -0.05) is 36.3 Å². The van der Waals surface area contributed by atoms with Crippen LogP contribution in [-0.4, -0.2) is 9.80 Å². The largest absolute Gasteiger partial charge is 0.369 e. The van der Waals surface area contributed by atoms with E-state index in [1.54, 1.807) is 0 Å². The van der Waals surface area contributed by atoms with E-state index in [9.17, 15) is 0 Å². The van der Waals surface area contributed by atoms with Gasteiger partial charge >= 0.3 is 0 Å². The molecule has 0 saturated heterocycles. The minimum absolute atomic E-state index is 0.990. The SMILES string of the molecule is C/C=C/N1Cc2c(C)ccc(C)c2C1.CC#CN1Cc2c(C)ccc(C)c2C1. The maximum absolute atomic E-state index is 3.13. The van der Waals surface area contributed by atoms with Crippen molar-refractivity contribution in [2.24, 2.45) is 0 Å². The lowest BCUT2D eigenvalue weighted by Gasteiger charge is -2.10. The number of hydrogen-bond acceptors (Lipinski definition) is 2. The van der Waals surface area contributed by atoms with Crippen LogP contribution in [0.4, 0.5) is 0 Å². The highest BCUT2D eigenvalue weighted by molar-refractivity contribution is 5.43. The molecule has 4 rings (SSSR count). The predicted molar refractivity (Wildman–Crippen MR) is 119 cm³/mol. The number of nitrogens with zero attached hydrogens (tertiary/aromatic N) is 2. The molecule has 2 nitrogen and oxygen atoms in total. The molecule has 0 unspecified atom stereocenters. The first kappa shape index (κ1) is 20.1. The van der Waals surface area contributed by atoms with Crippen LogP contribution in [0.5, 0.6) is 0 Å². The Bertz CT molecular complexity index is 895. The summed E-state index contributed by atoms with van der Waals surface area (Å²) in [5.41, 5.74) is 11.7. The maximum Gasteiger partial charge on any atom is 0.0521 e. The van der Waals surface area contributed by atoms with Crippen molar-refractivity contribution in [3.8, 4) is 12.0 Å². The third-order valence-corrected chi connectivity index (χ3v) is 5.85. The topological polar surface area (TPSA) is 6.48 Å². The van der Waals surface area contributed by atoms with E-state index in [1.165, 1.54) is 44.5 Å². The van der Waals surface area contributed by atoms with Crippen molar-refractivity contribution in [3.63, 3.8) is 0 Å². The van der Waals surface area contributed by atoms with E-state index in [4.69, 9.17) is 0 Å². The summed E-state index contributed by atoms with van der Waals surface area (Å²) in [5.74, 6) is 2.96. The van der Waals surface area contributed by atoms with Gasteiger partial charge in [0.15, 0.2) is 0 Å². The van der Waals surface area contributed by atoms with Crippen LogP contribution in [0.1, 0.15) is 58.4 Å². The Morgan fingerprint density at radius 2 is 1.11 bits per heavy atom. The second kappa shape index (κ2) is 8.57. The van der Waals surface area contributed by atoms with Crippen LogP contribution in [0, 0.1) is 39.7 Å². The minimum Gasteiger partial charge on any atom is -0.369 e. The highest BCUT2D eigenvalue weighted by atomic mass is 15.1. The van der Waals surface area contributed by atoms with Gasteiger partial charge in [-0.25, -0.2) is 0 Å². The van der Waals surface area contributed by atoms with E-state index >= 15 is 0 Å². The van der Waals surface area contributed by atoms with Gasteiger partial charge in [-0.05, 0) is 92.2 Å². The van der Waals surface area contributed by atoms with Crippen molar-refractivity contribution in [2.75, 3.05) is 0 Å². The van der Waals surface area contributed by atoms with Crippen LogP contribution in [0.3, 0.4) is 0 Å². The third-order valence-electron chi connectivity index (χ3n) is 5.85. The molecule has 2 aromatic carbocycles. The van der Waals surface area contributed by atoms with Crippen molar-refractivity contribution < 1.29 is 0 Å². The summed E-state index contributed by atoms with van der Waals surface area (Å²) >= 11 is 0. The molecule has 2 heteroatoms. The van der Waals surface area contributed by atoms with Gasteiger partial charge in [-0.3, -0.25) is 0 Å². The Morgan fingerprint density at radius 1 is 0.714 bits per heavy atom. The van der Waals surface area contributed by atoms with Gasteiger partial charge in [0.2, 0.25) is 0 Å². The summed E-state index contributed by atoms with van der Waals surface area (Å²) in [6, 6.07) is 12.0. The van der Waals surface area contributed by atoms with Crippen LogP contribution in [-0.2, 0) is 26.2 Å². The van der Waals surface area contributed by atoms with Crippen molar-refractivity contribution in [1.29, 1.82) is 0 Å². The molecule has 2 aromatic rings. The number of fused-ring (bicyclic) bond motifs is 2. The lowest BCUT2D eigenvalue weighted by Crippen LogP contribution is -2.07.